The number of hydrogen-bond donors (Lipinski definition) is 1. The monoisotopic (exact) mass is 310 g/mol. The third-order valence-electron chi connectivity index (χ3n) is 4.98. The molecule has 0 heterocycles. The maximum absolute atomic E-state index is 10.3. The molecule has 1 atom stereocenters. The average molecular weight is 310 g/mol. The first-order valence-corrected chi connectivity index (χ1v) is 8.86. The molecule has 1 nitrogen and oxygen atoms in total. The Hall–Kier alpha value is -1.76. The number of unbranched alkanes of at least 4 members (excludes halogenated alkanes) is 2. The zero-order valence-corrected chi connectivity index (χ0v) is 15.0. The van der Waals surface area contributed by atoms with E-state index < -0.39 is 0 Å². The summed E-state index contributed by atoms with van der Waals surface area (Å²) in [5, 5.41) is 10.3. The molecule has 0 aliphatic carbocycles. The second kappa shape index (κ2) is 7.68. The average Bonchev–Trinajstić information content (AvgIpc) is 2.55. The second-order valence-corrected chi connectivity index (χ2v) is 7.13. The van der Waals surface area contributed by atoms with Crippen LogP contribution in [0.25, 0.3) is 0 Å². The van der Waals surface area contributed by atoms with Gasteiger partial charge in [0.15, 0.2) is 0 Å². The SMILES string of the molecule is CCCCCC(C)c1ccccc1C(C)(C)c1ccccc1O. The van der Waals surface area contributed by atoms with Gasteiger partial charge in [0.2, 0.25) is 0 Å². The summed E-state index contributed by atoms with van der Waals surface area (Å²) in [5.74, 6) is 0.925. The lowest BCUT2D eigenvalue weighted by Crippen LogP contribution is -2.21. The molecule has 1 unspecified atom stereocenters. The third kappa shape index (κ3) is 3.96. The van der Waals surface area contributed by atoms with E-state index in [0.29, 0.717) is 11.7 Å². The maximum atomic E-state index is 10.3. The highest BCUT2D eigenvalue weighted by Crippen LogP contribution is 2.40. The molecule has 0 amide bonds. The number of rotatable bonds is 7. The Morgan fingerprint density at radius 2 is 1.52 bits per heavy atom. The van der Waals surface area contributed by atoms with Crippen molar-refractivity contribution in [3.63, 3.8) is 0 Å². The summed E-state index contributed by atoms with van der Waals surface area (Å²) in [6.07, 6.45) is 5.07. The summed E-state index contributed by atoms with van der Waals surface area (Å²) in [7, 11) is 0. The van der Waals surface area contributed by atoms with Crippen LogP contribution in [0, 0.1) is 0 Å². The van der Waals surface area contributed by atoms with Crippen molar-refractivity contribution in [3.8, 4) is 5.75 Å². The highest BCUT2D eigenvalue weighted by Gasteiger charge is 2.29. The van der Waals surface area contributed by atoms with Gasteiger partial charge in [0.25, 0.3) is 0 Å². The van der Waals surface area contributed by atoms with Crippen LogP contribution in [0.4, 0.5) is 0 Å². The Morgan fingerprint density at radius 3 is 2.17 bits per heavy atom. The molecule has 1 N–H and O–H groups in total. The van der Waals surface area contributed by atoms with E-state index in [4.69, 9.17) is 0 Å². The summed E-state index contributed by atoms with van der Waals surface area (Å²) < 4.78 is 0. The van der Waals surface area contributed by atoms with Crippen LogP contribution in [0.1, 0.15) is 76.0 Å². The van der Waals surface area contributed by atoms with Gasteiger partial charge in [0.05, 0.1) is 0 Å². The summed E-state index contributed by atoms with van der Waals surface area (Å²) in [6.45, 7) is 8.99. The molecule has 0 fully saturated rings. The van der Waals surface area contributed by atoms with Gasteiger partial charge >= 0.3 is 0 Å². The quantitative estimate of drug-likeness (QED) is 0.586. The summed E-state index contributed by atoms with van der Waals surface area (Å²) >= 11 is 0. The van der Waals surface area contributed by atoms with Crippen LogP contribution in [0.2, 0.25) is 0 Å². The van der Waals surface area contributed by atoms with E-state index in [9.17, 15) is 5.11 Å². The van der Waals surface area contributed by atoms with Gasteiger partial charge in [-0.1, -0.05) is 89.4 Å². The lowest BCUT2D eigenvalue weighted by Gasteiger charge is -2.31. The Labute approximate surface area is 141 Å². The molecule has 0 saturated heterocycles. The number of phenols is 1. The largest absolute Gasteiger partial charge is 0.508 e. The number of para-hydroxylation sites is 1. The standard InChI is InChI=1S/C22H30O/c1-5-6-7-12-17(2)18-13-8-9-14-19(18)22(3,4)20-15-10-11-16-21(20)23/h8-11,13-17,23H,5-7,12H2,1-4H3. The van der Waals surface area contributed by atoms with Crippen LogP contribution >= 0.6 is 0 Å². The van der Waals surface area contributed by atoms with Gasteiger partial charge in [-0.05, 0) is 29.5 Å². The predicted molar refractivity (Wildman–Crippen MR) is 99.2 cm³/mol. The molecular formula is C22H30O. The van der Waals surface area contributed by atoms with Crippen molar-refractivity contribution in [1.29, 1.82) is 0 Å². The highest BCUT2D eigenvalue weighted by molar-refractivity contribution is 5.48. The molecule has 1 heteroatoms. The van der Waals surface area contributed by atoms with E-state index in [0.717, 1.165) is 5.56 Å². The van der Waals surface area contributed by atoms with Gasteiger partial charge in [-0.3, -0.25) is 0 Å². The van der Waals surface area contributed by atoms with Crippen LogP contribution in [-0.4, -0.2) is 5.11 Å². The fourth-order valence-electron chi connectivity index (χ4n) is 3.50. The molecule has 2 aromatic carbocycles. The minimum absolute atomic E-state index is 0.207. The molecule has 0 radical (unpaired) electrons. The summed E-state index contributed by atoms with van der Waals surface area (Å²) in [6, 6.07) is 16.4. The first kappa shape index (κ1) is 17.6. The van der Waals surface area contributed by atoms with E-state index in [2.05, 4.69) is 52.0 Å². The van der Waals surface area contributed by atoms with Crippen molar-refractivity contribution in [3.05, 3.63) is 65.2 Å². The number of phenolic OH excluding ortho intramolecular Hbond substituents is 1. The first-order chi connectivity index (χ1) is 11.0. The van der Waals surface area contributed by atoms with Crippen LogP contribution in [0.5, 0.6) is 5.75 Å². The van der Waals surface area contributed by atoms with E-state index in [1.165, 1.54) is 36.8 Å². The van der Waals surface area contributed by atoms with Gasteiger partial charge < -0.3 is 5.11 Å². The molecule has 0 aliphatic heterocycles. The predicted octanol–water partition coefficient (Wildman–Crippen LogP) is 6.40. The van der Waals surface area contributed by atoms with Crippen LogP contribution < -0.4 is 0 Å². The molecule has 23 heavy (non-hydrogen) atoms. The van der Waals surface area contributed by atoms with Gasteiger partial charge in [-0.25, -0.2) is 0 Å². The highest BCUT2D eigenvalue weighted by atomic mass is 16.3. The summed E-state index contributed by atoms with van der Waals surface area (Å²) in [4.78, 5) is 0. The fraction of sp³-hybridized carbons (Fsp3) is 0.455. The normalized spacial score (nSPS) is 13.0. The van der Waals surface area contributed by atoms with Crippen LogP contribution in [0.15, 0.2) is 48.5 Å². The van der Waals surface area contributed by atoms with Crippen molar-refractivity contribution in [2.75, 3.05) is 0 Å². The zero-order valence-electron chi connectivity index (χ0n) is 15.0. The van der Waals surface area contributed by atoms with Gasteiger partial charge in [-0.2, -0.15) is 0 Å². The van der Waals surface area contributed by atoms with Crippen molar-refractivity contribution in [2.24, 2.45) is 0 Å². The maximum Gasteiger partial charge on any atom is 0.119 e. The number of benzene rings is 2. The Bertz CT molecular complexity index is 627. The minimum atomic E-state index is -0.207. The van der Waals surface area contributed by atoms with Crippen molar-refractivity contribution in [1.82, 2.24) is 0 Å². The lowest BCUT2D eigenvalue weighted by molar-refractivity contribution is 0.452. The van der Waals surface area contributed by atoms with Gasteiger partial charge in [0.1, 0.15) is 5.75 Å². The van der Waals surface area contributed by atoms with E-state index in [1.54, 1.807) is 6.07 Å². The molecule has 0 bridgehead atoms. The minimum Gasteiger partial charge on any atom is -0.508 e. The first-order valence-electron chi connectivity index (χ1n) is 8.86. The summed E-state index contributed by atoms with van der Waals surface area (Å²) in [5.41, 5.74) is 3.52. The van der Waals surface area contributed by atoms with Crippen molar-refractivity contribution < 1.29 is 5.11 Å². The number of hydrogen-bond acceptors (Lipinski definition) is 1. The molecule has 124 valence electrons. The number of aromatic hydroxyl groups is 1. The van der Waals surface area contributed by atoms with Gasteiger partial charge in [0, 0.05) is 11.0 Å². The molecule has 0 aliphatic rings. The Morgan fingerprint density at radius 1 is 0.913 bits per heavy atom. The van der Waals surface area contributed by atoms with Gasteiger partial charge in [-0.15, -0.1) is 0 Å². The Kier molecular flexibility index (Phi) is 5.87. The smallest absolute Gasteiger partial charge is 0.119 e. The van der Waals surface area contributed by atoms with E-state index in [1.807, 2.05) is 18.2 Å². The molecule has 0 saturated carbocycles. The molecule has 2 rings (SSSR count). The van der Waals surface area contributed by atoms with Crippen molar-refractivity contribution in [2.45, 2.75) is 64.7 Å². The fourth-order valence-corrected chi connectivity index (χ4v) is 3.50. The second-order valence-electron chi connectivity index (χ2n) is 7.13. The van der Waals surface area contributed by atoms with Crippen molar-refractivity contribution >= 4 is 0 Å². The zero-order chi connectivity index (χ0) is 16.9. The lowest BCUT2D eigenvalue weighted by atomic mass is 9.73. The molecule has 0 aromatic heterocycles. The Balaban J connectivity index is 2.37. The van der Waals surface area contributed by atoms with Crippen LogP contribution in [0.3, 0.4) is 0 Å². The topological polar surface area (TPSA) is 20.2 Å². The molecule has 0 spiro atoms. The third-order valence-corrected chi connectivity index (χ3v) is 4.98. The van der Waals surface area contributed by atoms with E-state index in [-0.39, 0.29) is 5.41 Å². The molecular weight excluding hydrogens is 280 g/mol. The van der Waals surface area contributed by atoms with E-state index >= 15 is 0 Å². The molecule has 2 aromatic rings. The van der Waals surface area contributed by atoms with Crippen LogP contribution in [-0.2, 0) is 5.41 Å².